The summed E-state index contributed by atoms with van der Waals surface area (Å²) < 4.78 is 4.07. The van der Waals surface area contributed by atoms with Gasteiger partial charge in [-0.2, -0.15) is 26.3 Å². The molecule has 0 radical (unpaired) electrons. The normalized spacial score (nSPS) is 10.8. The Morgan fingerprint density at radius 2 is 0.812 bits per heavy atom. The maximum absolute atomic E-state index is 10.7. The lowest BCUT2D eigenvalue weighted by molar-refractivity contribution is 1.13. The summed E-state index contributed by atoms with van der Waals surface area (Å²) in [5.41, 5.74) is 8.61. The van der Waals surface area contributed by atoms with Crippen molar-refractivity contribution < 1.29 is 0 Å². The second kappa shape index (κ2) is 10.7. The zero-order valence-electron chi connectivity index (χ0n) is 25.0. The lowest BCUT2D eigenvalue weighted by atomic mass is 10.00. The molecule has 5 aromatic carbocycles. The molecular weight excluding hydrogens is 592 g/mol. The van der Waals surface area contributed by atoms with Gasteiger partial charge in [-0.25, -0.2) is 0 Å². The molecule has 0 atom stereocenters. The minimum Gasteiger partial charge on any atom is -0.309 e. The molecule has 0 bridgehead atoms. The monoisotopic (exact) mass is 610 g/mol. The van der Waals surface area contributed by atoms with Crippen LogP contribution in [0.5, 0.6) is 0 Å². The van der Waals surface area contributed by atoms with Crippen molar-refractivity contribution in [1.29, 1.82) is 26.3 Å². The van der Waals surface area contributed by atoms with Crippen molar-refractivity contribution in [3.05, 3.63) is 137 Å². The number of nitrogens with zero attached hydrogens (tertiary/aromatic N) is 8. The van der Waals surface area contributed by atoms with Gasteiger partial charge in [0.25, 0.3) is 0 Å². The Hall–Kier alpha value is -7.70. The molecule has 3 aromatic heterocycles. The lowest BCUT2D eigenvalue weighted by Gasteiger charge is -2.18. The zero-order chi connectivity index (χ0) is 32.9. The Bertz CT molecular complexity index is 2750. The second-order valence-corrected chi connectivity index (χ2v) is 11.3. The summed E-state index contributed by atoms with van der Waals surface area (Å²) in [7, 11) is 0. The van der Waals surface area contributed by atoms with Crippen LogP contribution in [0.2, 0.25) is 0 Å². The maximum atomic E-state index is 10.7. The highest BCUT2D eigenvalue weighted by Gasteiger charge is 2.22. The number of pyridine rings is 1. The molecule has 0 unspecified atom stereocenters. The first kappa shape index (κ1) is 27.8. The van der Waals surface area contributed by atoms with E-state index in [9.17, 15) is 26.3 Å². The van der Waals surface area contributed by atoms with Crippen molar-refractivity contribution in [3.8, 4) is 52.8 Å². The van der Waals surface area contributed by atoms with Gasteiger partial charge in [-0.1, -0.05) is 0 Å². The topological polar surface area (TPSA) is 142 Å². The SMILES string of the molecule is N#Cc1ccc2c(c1)c1cc(C#N)ccc1n2-c1cc(-c2ccncc2)c(-n2c3ccc(C#N)cc3c3cc(C#N)ccc32)cc1C#N. The fraction of sp³-hybridized carbons (Fsp3) is 0. The largest absolute Gasteiger partial charge is 0.309 e. The highest BCUT2D eigenvalue weighted by Crippen LogP contribution is 2.41. The Balaban J connectivity index is 1.52. The van der Waals surface area contributed by atoms with E-state index < -0.39 is 0 Å². The van der Waals surface area contributed by atoms with Crippen molar-refractivity contribution in [3.63, 3.8) is 0 Å². The van der Waals surface area contributed by atoms with Gasteiger partial charge in [-0.15, -0.1) is 0 Å². The van der Waals surface area contributed by atoms with E-state index in [-0.39, 0.29) is 0 Å². The number of nitriles is 5. The molecule has 0 amide bonds. The molecule has 0 saturated carbocycles. The number of benzene rings is 5. The van der Waals surface area contributed by atoms with Gasteiger partial charge in [0.1, 0.15) is 6.07 Å². The van der Waals surface area contributed by atoms with Crippen molar-refractivity contribution in [2.75, 3.05) is 0 Å². The van der Waals surface area contributed by atoms with Crippen LogP contribution in [0.1, 0.15) is 27.8 Å². The van der Waals surface area contributed by atoms with Crippen LogP contribution < -0.4 is 0 Å². The fourth-order valence-electron chi connectivity index (χ4n) is 6.64. The summed E-state index contributed by atoms with van der Waals surface area (Å²) in [5.74, 6) is 0. The summed E-state index contributed by atoms with van der Waals surface area (Å²) in [6.07, 6.45) is 3.43. The molecule has 0 fully saturated rings. The van der Waals surface area contributed by atoms with Gasteiger partial charge in [0.15, 0.2) is 0 Å². The number of rotatable bonds is 3. The molecule has 0 N–H and O–H groups in total. The maximum Gasteiger partial charge on any atom is 0.101 e. The van der Waals surface area contributed by atoms with Gasteiger partial charge in [0.05, 0.1) is 85.5 Å². The highest BCUT2D eigenvalue weighted by atomic mass is 15.0. The first-order valence-corrected chi connectivity index (χ1v) is 14.8. The Morgan fingerprint density at radius 3 is 1.19 bits per heavy atom. The third-order valence-corrected chi connectivity index (χ3v) is 8.75. The van der Waals surface area contributed by atoms with Crippen LogP contribution in [0.3, 0.4) is 0 Å². The van der Waals surface area contributed by atoms with Crippen LogP contribution in [0, 0.1) is 56.7 Å². The van der Waals surface area contributed by atoms with E-state index in [2.05, 4.69) is 39.9 Å². The summed E-state index contributed by atoms with van der Waals surface area (Å²) in [6.45, 7) is 0. The van der Waals surface area contributed by atoms with Crippen LogP contribution in [-0.2, 0) is 0 Å². The smallest absolute Gasteiger partial charge is 0.101 e. The minimum absolute atomic E-state index is 0.396. The van der Waals surface area contributed by atoms with Crippen LogP contribution >= 0.6 is 0 Å². The van der Waals surface area contributed by atoms with E-state index in [0.29, 0.717) is 33.5 Å². The van der Waals surface area contributed by atoms with Crippen LogP contribution in [0.25, 0.3) is 66.1 Å². The van der Waals surface area contributed by atoms with Crippen LogP contribution in [0.15, 0.2) is 109 Å². The predicted molar refractivity (Wildman–Crippen MR) is 182 cm³/mol. The van der Waals surface area contributed by atoms with Gasteiger partial charge in [-0.05, 0) is 103 Å². The second-order valence-electron chi connectivity index (χ2n) is 11.3. The molecule has 3 heterocycles. The zero-order valence-corrected chi connectivity index (χ0v) is 25.0. The number of fused-ring (bicyclic) bond motifs is 6. The van der Waals surface area contributed by atoms with E-state index in [0.717, 1.165) is 60.4 Å². The molecule has 8 rings (SSSR count). The molecule has 0 aliphatic rings. The first-order valence-electron chi connectivity index (χ1n) is 14.8. The molecular formula is C40H18N8. The molecule has 0 spiro atoms. The van der Waals surface area contributed by atoms with E-state index >= 15 is 0 Å². The van der Waals surface area contributed by atoms with Gasteiger partial charge in [0, 0.05) is 39.5 Å². The van der Waals surface area contributed by atoms with Crippen molar-refractivity contribution in [2.24, 2.45) is 0 Å². The van der Waals surface area contributed by atoms with Gasteiger partial charge in [-0.3, -0.25) is 4.98 Å². The van der Waals surface area contributed by atoms with Crippen molar-refractivity contribution in [2.45, 2.75) is 0 Å². The van der Waals surface area contributed by atoms with Crippen molar-refractivity contribution >= 4 is 43.6 Å². The quantitative estimate of drug-likeness (QED) is 0.197. The minimum atomic E-state index is 0.396. The summed E-state index contributed by atoms with van der Waals surface area (Å²) in [6, 6.07) is 40.8. The third-order valence-electron chi connectivity index (χ3n) is 8.75. The summed E-state index contributed by atoms with van der Waals surface area (Å²) in [4.78, 5) is 4.24. The number of hydrogen-bond acceptors (Lipinski definition) is 6. The summed E-state index contributed by atoms with van der Waals surface area (Å²) >= 11 is 0. The molecule has 48 heavy (non-hydrogen) atoms. The molecule has 8 heteroatoms. The highest BCUT2D eigenvalue weighted by molar-refractivity contribution is 6.12. The lowest BCUT2D eigenvalue weighted by Crippen LogP contribution is -2.04. The van der Waals surface area contributed by atoms with E-state index in [1.165, 1.54) is 0 Å². The molecule has 0 saturated heterocycles. The molecule has 0 aliphatic carbocycles. The predicted octanol–water partition coefficient (Wildman–Crippen LogP) is 8.30. The van der Waals surface area contributed by atoms with Crippen LogP contribution in [0.4, 0.5) is 0 Å². The first-order chi connectivity index (χ1) is 23.6. The molecule has 8 aromatic rings. The number of hydrogen-bond donors (Lipinski definition) is 0. The summed E-state index contributed by atoms with van der Waals surface area (Å²) in [5, 5.41) is 52.7. The fourth-order valence-corrected chi connectivity index (χ4v) is 6.64. The Labute approximate surface area is 273 Å². The third kappa shape index (κ3) is 4.08. The van der Waals surface area contributed by atoms with Crippen molar-refractivity contribution in [1.82, 2.24) is 14.1 Å². The average molecular weight is 611 g/mol. The standard InChI is InChI=1S/C40H18N8/c41-19-24-1-5-35-31(13-24)32-14-25(20-42)2-6-36(32)47(35)39-18-30(28-9-11-46-12-10-28)40(17-29(39)23-45)48-37-7-3-26(21-43)15-33(37)34-16-27(22-44)4-8-38(34)48/h1-18H. The number of aromatic nitrogens is 3. The molecule has 8 nitrogen and oxygen atoms in total. The van der Waals surface area contributed by atoms with E-state index in [4.69, 9.17) is 0 Å². The Morgan fingerprint density at radius 1 is 0.417 bits per heavy atom. The molecule has 218 valence electrons. The molecule has 0 aliphatic heterocycles. The van der Waals surface area contributed by atoms with Gasteiger partial charge < -0.3 is 9.13 Å². The Kier molecular flexibility index (Phi) is 6.22. The average Bonchev–Trinajstić information content (AvgIpc) is 3.65. The van der Waals surface area contributed by atoms with E-state index in [1.54, 1.807) is 36.7 Å². The van der Waals surface area contributed by atoms with Crippen LogP contribution in [-0.4, -0.2) is 14.1 Å². The van der Waals surface area contributed by atoms with Gasteiger partial charge in [0.2, 0.25) is 0 Å². The van der Waals surface area contributed by atoms with Gasteiger partial charge >= 0.3 is 0 Å². The van der Waals surface area contributed by atoms with E-state index in [1.807, 2.05) is 77.4 Å².